The molecule has 0 bridgehead atoms. The van der Waals surface area contributed by atoms with Gasteiger partial charge < -0.3 is 4.74 Å². The van der Waals surface area contributed by atoms with Crippen molar-refractivity contribution in [3.8, 4) is 0 Å². The van der Waals surface area contributed by atoms with Crippen LogP contribution in [0.3, 0.4) is 0 Å². The van der Waals surface area contributed by atoms with Crippen molar-refractivity contribution in [2.24, 2.45) is 0 Å². The highest BCUT2D eigenvalue weighted by Gasteiger charge is 1.98. The second kappa shape index (κ2) is 6.07. The fourth-order valence-corrected chi connectivity index (χ4v) is 1.27. The van der Waals surface area contributed by atoms with E-state index in [1.807, 2.05) is 18.2 Å². The van der Waals surface area contributed by atoms with Crippen LogP contribution in [0.1, 0.15) is 25.8 Å². The minimum Gasteiger partial charge on any atom is -0.489 e. The van der Waals surface area contributed by atoms with Crippen LogP contribution < -0.4 is 0 Å². The van der Waals surface area contributed by atoms with E-state index in [9.17, 15) is 0 Å². The maximum absolute atomic E-state index is 5.69. The summed E-state index contributed by atoms with van der Waals surface area (Å²) in [5.41, 5.74) is 2.42. The summed E-state index contributed by atoms with van der Waals surface area (Å²) in [5.74, 6) is 0.904. The number of benzene rings is 1. The number of rotatable bonds is 5. The van der Waals surface area contributed by atoms with E-state index >= 15 is 0 Å². The van der Waals surface area contributed by atoms with Crippen molar-refractivity contribution in [1.82, 2.24) is 0 Å². The summed E-state index contributed by atoms with van der Waals surface area (Å²) < 4.78 is 5.69. The molecule has 0 aromatic heterocycles. The Morgan fingerprint density at radius 3 is 2.53 bits per heavy atom. The van der Waals surface area contributed by atoms with Crippen molar-refractivity contribution in [3.05, 3.63) is 59.9 Å². The summed E-state index contributed by atoms with van der Waals surface area (Å²) in [6.45, 7) is 8.56. The fraction of sp³-hybridized carbons (Fsp3) is 0.286. The SMILES string of the molecule is C=C/C(OCc1ccccc1)=C(/C)CC. The molecular weight excluding hydrogens is 184 g/mol. The normalized spacial score (nSPS) is 11.9. The Hall–Kier alpha value is -1.50. The largest absolute Gasteiger partial charge is 0.489 e. The molecule has 0 atom stereocenters. The van der Waals surface area contributed by atoms with E-state index in [-0.39, 0.29) is 0 Å². The molecule has 1 heteroatoms. The van der Waals surface area contributed by atoms with Gasteiger partial charge in [0.05, 0.1) is 0 Å². The first kappa shape index (κ1) is 11.6. The number of hydrogen-bond acceptors (Lipinski definition) is 1. The molecule has 0 fully saturated rings. The molecule has 0 aliphatic rings. The molecule has 0 heterocycles. The molecule has 0 radical (unpaired) electrons. The lowest BCUT2D eigenvalue weighted by Crippen LogP contribution is -1.94. The Morgan fingerprint density at radius 1 is 1.33 bits per heavy atom. The summed E-state index contributed by atoms with van der Waals surface area (Å²) in [6.07, 6.45) is 2.78. The molecule has 80 valence electrons. The number of allylic oxidation sites excluding steroid dienone is 2. The molecule has 0 N–H and O–H groups in total. The van der Waals surface area contributed by atoms with Crippen molar-refractivity contribution >= 4 is 0 Å². The van der Waals surface area contributed by atoms with E-state index < -0.39 is 0 Å². The number of hydrogen-bond donors (Lipinski definition) is 0. The Kier molecular flexibility index (Phi) is 4.69. The maximum atomic E-state index is 5.69. The molecule has 0 saturated carbocycles. The van der Waals surface area contributed by atoms with Crippen molar-refractivity contribution in [2.75, 3.05) is 0 Å². The molecule has 0 spiro atoms. The van der Waals surface area contributed by atoms with Gasteiger partial charge in [-0.2, -0.15) is 0 Å². The zero-order valence-electron chi connectivity index (χ0n) is 9.49. The van der Waals surface area contributed by atoms with E-state index in [1.165, 1.54) is 11.1 Å². The molecule has 0 unspecified atom stereocenters. The van der Waals surface area contributed by atoms with Crippen LogP contribution >= 0.6 is 0 Å². The maximum Gasteiger partial charge on any atom is 0.118 e. The van der Waals surface area contributed by atoms with Crippen molar-refractivity contribution in [2.45, 2.75) is 26.9 Å². The van der Waals surface area contributed by atoms with Gasteiger partial charge in [-0.3, -0.25) is 0 Å². The van der Waals surface area contributed by atoms with Crippen LogP contribution in [0.2, 0.25) is 0 Å². The highest BCUT2D eigenvalue weighted by Crippen LogP contribution is 2.13. The standard InChI is InChI=1S/C14H18O/c1-4-12(3)14(5-2)15-11-13-9-7-6-8-10-13/h5-10H,2,4,11H2,1,3H3/b14-12+. The highest BCUT2D eigenvalue weighted by atomic mass is 16.5. The predicted molar refractivity (Wildman–Crippen MR) is 64.4 cm³/mol. The molecule has 0 saturated heterocycles. The second-order valence-corrected chi connectivity index (χ2v) is 3.48. The third kappa shape index (κ3) is 3.62. The van der Waals surface area contributed by atoms with Gasteiger partial charge in [0, 0.05) is 0 Å². The Balaban J connectivity index is 2.60. The van der Waals surface area contributed by atoms with Gasteiger partial charge in [-0.15, -0.1) is 0 Å². The summed E-state index contributed by atoms with van der Waals surface area (Å²) in [5, 5.41) is 0. The fourth-order valence-electron chi connectivity index (χ4n) is 1.27. The summed E-state index contributed by atoms with van der Waals surface area (Å²) in [4.78, 5) is 0. The second-order valence-electron chi connectivity index (χ2n) is 3.48. The first-order valence-electron chi connectivity index (χ1n) is 5.26. The van der Waals surface area contributed by atoms with Gasteiger partial charge in [0.1, 0.15) is 12.4 Å². The molecule has 1 aromatic carbocycles. The van der Waals surface area contributed by atoms with E-state index in [4.69, 9.17) is 4.74 Å². The number of ether oxygens (including phenoxy) is 1. The Bertz CT molecular complexity index is 336. The Labute approximate surface area is 92.1 Å². The molecule has 0 amide bonds. The van der Waals surface area contributed by atoms with Gasteiger partial charge >= 0.3 is 0 Å². The lowest BCUT2D eigenvalue weighted by atomic mass is 10.2. The van der Waals surface area contributed by atoms with Crippen LogP contribution in [-0.2, 0) is 11.3 Å². The lowest BCUT2D eigenvalue weighted by Gasteiger charge is -2.09. The molecule has 1 rings (SSSR count). The molecule has 1 nitrogen and oxygen atoms in total. The monoisotopic (exact) mass is 202 g/mol. The van der Waals surface area contributed by atoms with Crippen molar-refractivity contribution < 1.29 is 4.74 Å². The minimum absolute atomic E-state index is 0.611. The Morgan fingerprint density at radius 2 is 2.00 bits per heavy atom. The summed E-state index contributed by atoms with van der Waals surface area (Å²) in [7, 11) is 0. The third-order valence-electron chi connectivity index (χ3n) is 2.37. The van der Waals surface area contributed by atoms with E-state index in [2.05, 4.69) is 32.6 Å². The zero-order valence-corrected chi connectivity index (χ0v) is 9.49. The predicted octanol–water partition coefficient (Wildman–Crippen LogP) is 4.07. The van der Waals surface area contributed by atoms with Gasteiger partial charge in [0.2, 0.25) is 0 Å². The van der Waals surface area contributed by atoms with Gasteiger partial charge in [0.25, 0.3) is 0 Å². The van der Waals surface area contributed by atoms with Crippen molar-refractivity contribution in [3.63, 3.8) is 0 Å². The summed E-state index contributed by atoms with van der Waals surface area (Å²) >= 11 is 0. The quantitative estimate of drug-likeness (QED) is 0.516. The average Bonchev–Trinajstić information content (AvgIpc) is 2.31. The molecule has 1 aromatic rings. The van der Waals surface area contributed by atoms with Crippen LogP contribution in [0.15, 0.2) is 54.3 Å². The highest BCUT2D eigenvalue weighted by molar-refractivity contribution is 5.18. The summed E-state index contributed by atoms with van der Waals surface area (Å²) in [6, 6.07) is 10.2. The smallest absolute Gasteiger partial charge is 0.118 e. The van der Waals surface area contributed by atoms with Crippen LogP contribution in [-0.4, -0.2) is 0 Å². The zero-order chi connectivity index (χ0) is 11.1. The van der Waals surface area contributed by atoms with Crippen LogP contribution in [0, 0.1) is 0 Å². The van der Waals surface area contributed by atoms with Gasteiger partial charge in [-0.05, 0) is 30.6 Å². The van der Waals surface area contributed by atoms with Gasteiger partial charge in [0.15, 0.2) is 0 Å². The van der Waals surface area contributed by atoms with Crippen molar-refractivity contribution in [1.29, 1.82) is 0 Å². The van der Waals surface area contributed by atoms with E-state index in [1.54, 1.807) is 6.08 Å². The van der Waals surface area contributed by atoms with Crippen LogP contribution in [0.4, 0.5) is 0 Å². The van der Waals surface area contributed by atoms with E-state index in [0.717, 1.165) is 12.2 Å². The first-order valence-corrected chi connectivity index (χ1v) is 5.26. The molecule has 0 aliphatic heterocycles. The molecule has 15 heavy (non-hydrogen) atoms. The van der Waals surface area contributed by atoms with Crippen LogP contribution in [0.25, 0.3) is 0 Å². The van der Waals surface area contributed by atoms with Crippen LogP contribution in [0.5, 0.6) is 0 Å². The first-order chi connectivity index (χ1) is 7.27. The average molecular weight is 202 g/mol. The molecular formula is C14H18O. The van der Waals surface area contributed by atoms with E-state index in [0.29, 0.717) is 6.61 Å². The minimum atomic E-state index is 0.611. The molecule has 0 aliphatic carbocycles. The van der Waals surface area contributed by atoms with Gasteiger partial charge in [-0.1, -0.05) is 43.8 Å². The van der Waals surface area contributed by atoms with Gasteiger partial charge in [-0.25, -0.2) is 0 Å². The third-order valence-corrected chi connectivity index (χ3v) is 2.37. The topological polar surface area (TPSA) is 9.23 Å². The lowest BCUT2D eigenvalue weighted by molar-refractivity contribution is 0.207.